The number of aryl methyl sites for hydroxylation is 1. The van der Waals surface area contributed by atoms with Crippen molar-refractivity contribution in [1.29, 1.82) is 0 Å². The van der Waals surface area contributed by atoms with Gasteiger partial charge in [0.25, 0.3) is 5.91 Å². The molecule has 0 atom stereocenters. The number of esters is 1. The minimum absolute atomic E-state index is 0. The number of hydrogen-bond donors (Lipinski definition) is 2. The molecule has 0 unspecified atom stereocenters. The van der Waals surface area contributed by atoms with E-state index in [4.69, 9.17) is 22.1 Å². The molecule has 0 saturated carbocycles. The summed E-state index contributed by atoms with van der Waals surface area (Å²) >= 11 is 8.50. The van der Waals surface area contributed by atoms with Gasteiger partial charge in [0, 0.05) is 19.5 Å². The van der Waals surface area contributed by atoms with Gasteiger partial charge < -0.3 is 15.8 Å². The highest BCUT2D eigenvalue weighted by atomic mass is 35.5. The average molecular weight is 424 g/mol. The molecule has 0 aliphatic rings. The molecule has 3 N–H and O–H groups in total. The SMILES string of the molecule is CCOC(=O)c1sc(CCNC(=O)c2cc(CN)c(Cl)s2)nc1C.Cl. The number of thiazole rings is 1. The highest BCUT2D eigenvalue weighted by Gasteiger charge is 2.17. The minimum atomic E-state index is -0.356. The molecule has 0 radical (unpaired) electrons. The Hall–Kier alpha value is -1.19. The lowest BCUT2D eigenvalue weighted by Gasteiger charge is -2.01. The molecule has 0 bridgehead atoms. The first kappa shape index (κ1) is 21.9. The average Bonchev–Trinajstić information content (AvgIpc) is 3.10. The lowest BCUT2D eigenvalue weighted by molar-refractivity contribution is 0.0531. The molecule has 1 amide bonds. The van der Waals surface area contributed by atoms with Gasteiger partial charge in [0.2, 0.25) is 0 Å². The van der Waals surface area contributed by atoms with Gasteiger partial charge in [-0.15, -0.1) is 35.1 Å². The molecule has 6 nitrogen and oxygen atoms in total. The summed E-state index contributed by atoms with van der Waals surface area (Å²) in [7, 11) is 0. The first-order valence-electron chi connectivity index (χ1n) is 7.36. The van der Waals surface area contributed by atoms with Crippen molar-refractivity contribution in [2.75, 3.05) is 13.2 Å². The topological polar surface area (TPSA) is 94.3 Å². The zero-order valence-corrected chi connectivity index (χ0v) is 17.0. The van der Waals surface area contributed by atoms with Gasteiger partial charge in [-0.2, -0.15) is 0 Å². The maximum Gasteiger partial charge on any atom is 0.350 e. The van der Waals surface area contributed by atoms with Crippen LogP contribution in [0, 0.1) is 6.92 Å². The monoisotopic (exact) mass is 423 g/mol. The third-order valence-electron chi connectivity index (χ3n) is 3.13. The molecule has 10 heteroatoms. The van der Waals surface area contributed by atoms with Crippen LogP contribution in [0.25, 0.3) is 0 Å². The van der Waals surface area contributed by atoms with Gasteiger partial charge in [0.1, 0.15) is 4.88 Å². The quantitative estimate of drug-likeness (QED) is 0.666. The highest BCUT2D eigenvalue weighted by molar-refractivity contribution is 7.18. The molecule has 138 valence electrons. The second kappa shape index (κ2) is 10.1. The number of nitrogens with zero attached hydrogens (tertiary/aromatic N) is 1. The fourth-order valence-electron chi connectivity index (χ4n) is 1.97. The summed E-state index contributed by atoms with van der Waals surface area (Å²) in [5, 5.41) is 3.60. The maximum absolute atomic E-state index is 12.1. The number of halogens is 2. The van der Waals surface area contributed by atoms with Crippen LogP contribution in [0.2, 0.25) is 4.34 Å². The Labute approximate surface area is 165 Å². The normalized spacial score (nSPS) is 10.2. The number of amides is 1. The zero-order chi connectivity index (χ0) is 17.7. The van der Waals surface area contributed by atoms with Crippen molar-refractivity contribution in [3.05, 3.63) is 36.4 Å². The highest BCUT2D eigenvalue weighted by Crippen LogP contribution is 2.27. The van der Waals surface area contributed by atoms with Gasteiger partial charge in [-0.1, -0.05) is 11.6 Å². The number of nitrogens with one attached hydrogen (secondary N) is 1. The number of carbonyl (C=O) groups is 2. The molecule has 25 heavy (non-hydrogen) atoms. The van der Waals surface area contributed by atoms with Crippen LogP contribution in [0.4, 0.5) is 0 Å². The molecule has 0 saturated heterocycles. The summed E-state index contributed by atoms with van der Waals surface area (Å²) in [4.78, 5) is 29.2. The van der Waals surface area contributed by atoms with E-state index in [9.17, 15) is 9.59 Å². The summed E-state index contributed by atoms with van der Waals surface area (Å²) in [6.45, 7) is 4.58. The second-order valence-corrected chi connectivity index (χ2v) is 7.60. The van der Waals surface area contributed by atoms with E-state index in [-0.39, 0.29) is 24.3 Å². The fraction of sp³-hybridized carbons (Fsp3) is 0.400. The first-order valence-corrected chi connectivity index (χ1v) is 9.37. The van der Waals surface area contributed by atoms with Crippen molar-refractivity contribution in [1.82, 2.24) is 10.3 Å². The molecule has 0 aliphatic heterocycles. The van der Waals surface area contributed by atoms with Crippen LogP contribution in [0.3, 0.4) is 0 Å². The number of nitrogens with two attached hydrogens (primary N) is 1. The van der Waals surface area contributed by atoms with E-state index in [1.165, 1.54) is 22.7 Å². The zero-order valence-electron chi connectivity index (χ0n) is 13.8. The van der Waals surface area contributed by atoms with Gasteiger partial charge in [-0.05, 0) is 25.5 Å². The number of rotatable bonds is 7. The van der Waals surface area contributed by atoms with Crippen molar-refractivity contribution < 1.29 is 14.3 Å². The molecule has 2 heterocycles. The van der Waals surface area contributed by atoms with Crippen LogP contribution >= 0.6 is 46.7 Å². The van der Waals surface area contributed by atoms with Crippen molar-refractivity contribution >= 4 is 58.6 Å². The Morgan fingerprint density at radius 2 is 2.12 bits per heavy atom. The van der Waals surface area contributed by atoms with Crippen molar-refractivity contribution in [2.45, 2.75) is 26.8 Å². The van der Waals surface area contributed by atoms with Crippen molar-refractivity contribution in [3.63, 3.8) is 0 Å². The van der Waals surface area contributed by atoms with E-state index >= 15 is 0 Å². The fourth-order valence-corrected chi connectivity index (χ4v) is 4.14. The summed E-state index contributed by atoms with van der Waals surface area (Å²) in [5.74, 6) is -0.550. The van der Waals surface area contributed by atoms with Crippen LogP contribution in [0.5, 0.6) is 0 Å². The van der Waals surface area contributed by atoms with Gasteiger partial charge in [-0.25, -0.2) is 9.78 Å². The molecule has 2 rings (SSSR count). The summed E-state index contributed by atoms with van der Waals surface area (Å²) < 4.78 is 5.53. The van der Waals surface area contributed by atoms with Gasteiger partial charge in [-0.3, -0.25) is 4.79 Å². The largest absolute Gasteiger partial charge is 0.462 e. The summed E-state index contributed by atoms with van der Waals surface area (Å²) in [6, 6.07) is 1.70. The Bertz CT molecular complexity index is 746. The Kier molecular flexibility index (Phi) is 8.81. The van der Waals surface area contributed by atoms with E-state index in [0.29, 0.717) is 45.9 Å². The van der Waals surface area contributed by atoms with Crippen molar-refractivity contribution in [2.24, 2.45) is 5.73 Å². The summed E-state index contributed by atoms with van der Waals surface area (Å²) in [5.41, 5.74) is 6.96. The standard InChI is InChI=1S/C15H18ClN3O3S2.ClH/c1-3-22-15(21)12-8(2)19-11(24-12)4-5-18-14(20)10-6-9(7-17)13(16)23-10;/h6H,3-5,7,17H2,1-2H3,(H,18,20);1H. The number of carbonyl (C=O) groups excluding carboxylic acids is 2. The third-order valence-corrected chi connectivity index (χ3v) is 5.76. The molecular weight excluding hydrogens is 405 g/mol. The van der Waals surface area contributed by atoms with Crippen LogP contribution in [0.1, 0.15) is 42.5 Å². The van der Waals surface area contributed by atoms with Crippen LogP contribution in [-0.4, -0.2) is 30.0 Å². The van der Waals surface area contributed by atoms with Crippen molar-refractivity contribution in [3.8, 4) is 0 Å². The molecule has 0 spiro atoms. The van der Waals surface area contributed by atoms with Crippen LogP contribution in [-0.2, 0) is 17.7 Å². The van der Waals surface area contributed by atoms with Gasteiger partial charge in [0.05, 0.1) is 26.5 Å². The second-order valence-electron chi connectivity index (χ2n) is 4.86. The Morgan fingerprint density at radius 3 is 2.72 bits per heavy atom. The number of ether oxygens (including phenoxy) is 1. The van der Waals surface area contributed by atoms with E-state index in [0.717, 1.165) is 10.6 Å². The Morgan fingerprint density at radius 1 is 1.40 bits per heavy atom. The third kappa shape index (κ3) is 5.65. The van der Waals surface area contributed by atoms with E-state index < -0.39 is 0 Å². The first-order chi connectivity index (χ1) is 11.5. The van der Waals surface area contributed by atoms with E-state index in [1.807, 2.05) is 0 Å². The van der Waals surface area contributed by atoms with E-state index in [2.05, 4.69) is 10.3 Å². The predicted octanol–water partition coefficient (Wildman–Crippen LogP) is 3.20. The molecule has 2 aromatic heterocycles. The molecule has 2 aromatic rings. The molecule has 0 aliphatic carbocycles. The number of thiophene rings is 1. The lowest BCUT2D eigenvalue weighted by atomic mass is 10.3. The Balaban J connectivity index is 0.00000312. The molecule has 0 aromatic carbocycles. The predicted molar refractivity (Wildman–Crippen MR) is 103 cm³/mol. The molecule has 0 fully saturated rings. The smallest absolute Gasteiger partial charge is 0.350 e. The number of hydrogen-bond acceptors (Lipinski definition) is 7. The van der Waals surface area contributed by atoms with E-state index in [1.54, 1.807) is 19.9 Å². The van der Waals surface area contributed by atoms with Gasteiger partial charge >= 0.3 is 5.97 Å². The minimum Gasteiger partial charge on any atom is -0.462 e. The maximum atomic E-state index is 12.1. The molecular formula is C15H19Cl2N3O3S2. The lowest BCUT2D eigenvalue weighted by Crippen LogP contribution is -2.24. The summed E-state index contributed by atoms with van der Waals surface area (Å²) in [6.07, 6.45) is 0.541. The van der Waals surface area contributed by atoms with Crippen LogP contribution < -0.4 is 11.1 Å². The number of aromatic nitrogens is 1. The van der Waals surface area contributed by atoms with Crippen LogP contribution in [0.15, 0.2) is 6.07 Å². The van der Waals surface area contributed by atoms with Gasteiger partial charge in [0.15, 0.2) is 0 Å².